The number of carbonyl (C=O) groups excluding carboxylic acids is 1. The van der Waals surface area contributed by atoms with Gasteiger partial charge in [-0.15, -0.1) is 0 Å². The number of hydrogen-bond acceptors (Lipinski definition) is 9. The number of phenolic OH excluding ortho intramolecular Hbond substituents is 2. The van der Waals surface area contributed by atoms with Crippen molar-refractivity contribution in [1.29, 1.82) is 0 Å². The molecule has 3 aliphatic rings. The van der Waals surface area contributed by atoms with Gasteiger partial charge in [-0.2, -0.15) is 0 Å². The number of carboxylic acids is 1. The lowest BCUT2D eigenvalue weighted by Crippen LogP contribution is -2.46. The molecule has 0 spiro atoms. The predicted octanol–water partition coefficient (Wildman–Crippen LogP) is 1.30. The van der Waals surface area contributed by atoms with E-state index in [4.69, 9.17) is 4.74 Å². The lowest BCUT2D eigenvalue weighted by Gasteiger charge is -2.39. The average Bonchev–Trinajstić information content (AvgIpc) is 2.82. The van der Waals surface area contributed by atoms with Gasteiger partial charge in [-0.1, -0.05) is 6.08 Å². The van der Waals surface area contributed by atoms with E-state index in [-0.39, 0.29) is 29.2 Å². The zero-order valence-corrected chi connectivity index (χ0v) is 15.8. The van der Waals surface area contributed by atoms with Gasteiger partial charge in [0.05, 0.1) is 17.3 Å². The van der Waals surface area contributed by atoms with Gasteiger partial charge < -0.3 is 40.5 Å². The molecule has 0 saturated carbocycles. The van der Waals surface area contributed by atoms with Gasteiger partial charge in [0.15, 0.2) is 17.3 Å². The minimum Gasteiger partial charge on any atom is -0.508 e. The van der Waals surface area contributed by atoms with Crippen LogP contribution >= 0.6 is 0 Å². The SMILES string of the molecule is O=C(O)C1=CC2C(=C(O)C(O)=CC2[C@H]2Oc3cc(O)cc(O)c3C[C@H]2O)C(=O)C(O)=C1. The number of aromatic hydroxyl groups is 2. The summed E-state index contributed by atoms with van der Waals surface area (Å²) in [6.07, 6.45) is 0.455. The van der Waals surface area contributed by atoms with Crippen molar-refractivity contribution in [3.8, 4) is 17.2 Å². The molecule has 0 aromatic heterocycles. The number of phenols is 2. The second-order valence-corrected chi connectivity index (χ2v) is 7.50. The van der Waals surface area contributed by atoms with Gasteiger partial charge in [0.25, 0.3) is 0 Å². The molecule has 31 heavy (non-hydrogen) atoms. The van der Waals surface area contributed by atoms with Crippen LogP contribution in [0.4, 0.5) is 0 Å². The predicted molar refractivity (Wildman–Crippen MR) is 103 cm³/mol. The number of Topliss-reactive ketones (excluding diaryl/α,β-unsaturated/α-hetero) is 1. The van der Waals surface area contributed by atoms with Crippen molar-refractivity contribution < 1.29 is 50.1 Å². The van der Waals surface area contributed by atoms with Crippen LogP contribution in [0.2, 0.25) is 0 Å². The molecule has 10 nitrogen and oxygen atoms in total. The first-order valence-electron chi connectivity index (χ1n) is 9.22. The monoisotopic (exact) mass is 430 g/mol. The first kappa shape index (κ1) is 20.4. The fourth-order valence-electron chi connectivity index (χ4n) is 4.14. The van der Waals surface area contributed by atoms with E-state index >= 15 is 0 Å². The van der Waals surface area contributed by atoms with Gasteiger partial charge in [-0.05, 0) is 12.2 Å². The second kappa shape index (κ2) is 7.10. The van der Waals surface area contributed by atoms with Gasteiger partial charge in [0, 0.05) is 36.0 Å². The van der Waals surface area contributed by atoms with Crippen molar-refractivity contribution in [1.82, 2.24) is 0 Å². The minimum atomic E-state index is -1.44. The third-order valence-corrected chi connectivity index (χ3v) is 5.58. The van der Waals surface area contributed by atoms with E-state index in [1.807, 2.05) is 0 Å². The number of benzene rings is 1. The van der Waals surface area contributed by atoms with Gasteiger partial charge in [-0.3, -0.25) is 4.79 Å². The van der Waals surface area contributed by atoms with E-state index in [0.29, 0.717) is 0 Å². The van der Waals surface area contributed by atoms with Crippen molar-refractivity contribution in [2.45, 2.75) is 18.6 Å². The Balaban J connectivity index is 1.83. The zero-order valence-electron chi connectivity index (χ0n) is 15.8. The summed E-state index contributed by atoms with van der Waals surface area (Å²) in [7, 11) is 0. The maximum atomic E-state index is 12.6. The Labute approximate surface area is 174 Å². The van der Waals surface area contributed by atoms with Gasteiger partial charge in [0.1, 0.15) is 23.4 Å². The number of rotatable bonds is 2. The van der Waals surface area contributed by atoms with E-state index in [1.54, 1.807) is 0 Å². The largest absolute Gasteiger partial charge is 0.508 e. The molecule has 4 atom stereocenters. The van der Waals surface area contributed by atoms with Gasteiger partial charge in [0.2, 0.25) is 5.78 Å². The summed E-state index contributed by atoms with van der Waals surface area (Å²) < 4.78 is 5.78. The molecule has 1 aromatic rings. The lowest BCUT2D eigenvalue weighted by atomic mass is 9.73. The number of hydrogen-bond donors (Lipinski definition) is 7. The molecule has 0 fully saturated rings. The van der Waals surface area contributed by atoms with E-state index in [1.165, 1.54) is 6.07 Å². The standard InChI is InChI=1S/C21H18O10/c22-8-3-12(23)11-6-15(26)20(31-16(11)4-8)10-5-14(25)19(28)17-9(10)1-7(21(29)30)2-13(24)18(17)27/h1-5,9-10,15,20,22-26,28H,6H2,(H,29,30)/t9?,10?,15-,20-/m1/s1. The second-order valence-electron chi connectivity index (χ2n) is 7.50. The molecule has 0 amide bonds. The highest BCUT2D eigenvalue weighted by molar-refractivity contribution is 6.10. The Morgan fingerprint density at radius 3 is 2.42 bits per heavy atom. The van der Waals surface area contributed by atoms with Crippen molar-refractivity contribution in [3.63, 3.8) is 0 Å². The topological polar surface area (TPSA) is 185 Å². The van der Waals surface area contributed by atoms with Crippen LogP contribution < -0.4 is 4.74 Å². The van der Waals surface area contributed by atoms with Crippen LogP contribution in [0, 0.1) is 11.8 Å². The normalized spacial score (nSPS) is 27.8. The number of carboxylic acid groups (broad SMARTS) is 1. The van der Waals surface area contributed by atoms with Crippen molar-refractivity contribution >= 4 is 11.8 Å². The Bertz CT molecular complexity index is 1120. The minimum absolute atomic E-state index is 0.0596. The fourth-order valence-corrected chi connectivity index (χ4v) is 4.14. The van der Waals surface area contributed by atoms with Crippen LogP contribution in [-0.4, -0.2) is 59.7 Å². The molecule has 1 aliphatic heterocycles. The molecule has 2 unspecified atom stereocenters. The van der Waals surface area contributed by atoms with Crippen LogP contribution in [-0.2, 0) is 16.0 Å². The van der Waals surface area contributed by atoms with Crippen LogP contribution in [0.3, 0.4) is 0 Å². The zero-order chi connectivity index (χ0) is 22.6. The number of carbonyl (C=O) groups is 2. The summed E-state index contributed by atoms with van der Waals surface area (Å²) in [4.78, 5) is 24.2. The maximum Gasteiger partial charge on any atom is 0.335 e. The number of ether oxygens (including phenoxy) is 1. The molecule has 162 valence electrons. The number of aliphatic hydroxyl groups excluding tert-OH is 4. The molecule has 10 heteroatoms. The number of aliphatic hydroxyl groups is 4. The molecule has 0 radical (unpaired) electrons. The highest BCUT2D eigenvalue weighted by Crippen LogP contribution is 2.45. The van der Waals surface area contributed by atoms with Crippen molar-refractivity contribution in [3.05, 3.63) is 64.3 Å². The molecule has 1 aromatic carbocycles. The first-order chi connectivity index (χ1) is 14.6. The van der Waals surface area contributed by atoms with Gasteiger partial charge in [-0.25, -0.2) is 4.79 Å². The summed E-state index contributed by atoms with van der Waals surface area (Å²) in [6, 6.07) is 2.31. The highest BCUT2D eigenvalue weighted by atomic mass is 16.5. The summed E-state index contributed by atoms with van der Waals surface area (Å²) in [5, 5.41) is 70.3. The van der Waals surface area contributed by atoms with Crippen molar-refractivity contribution in [2.24, 2.45) is 11.8 Å². The van der Waals surface area contributed by atoms with Crippen LogP contribution in [0.1, 0.15) is 5.56 Å². The molecule has 1 heterocycles. The van der Waals surface area contributed by atoms with Crippen LogP contribution in [0.15, 0.2) is 58.8 Å². The summed E-state index contributed by atoms with van der Waals surface area (Å²) in [5.41, 5.74) is -0.642. The Kier molecular flexibility index (Phi) is 4.66. The Morgan fingerprint density at radius 2 is 1.74 bits per heavy atom. The van der Waals surface area contributed by atoms with E-state index in [0.717, 1.165) is 24.3 Å². The fraction of sp³-hybridized carbons (Fsp3) is 0.238. The van der Waals surface area contributed by atoms with Crippen LogP contribution in [0.5, 0.6) is 17.2 Å². The number of aliphatic carboxylic acids is 1. The Morgan fingerprint density at radius 1 is 1.03 bits per heavy atom. The number of fused-ring (bicyclic) bond motifs is 2. The number of allylic oxidation sites excluding steroid dienone is 2. The lowest BCUT2D eigenvalue weighted by molar-refractivity contribution is -0.132. The summed E-state index contributed by atoms with van der Waals surface area (Å²) in [5.74, 6) is -7.74. The van der Waals surface area contributed by atoms with E-state index in [9.17, 15) is 45.3 Å². The molecule has 0 saturated heterocycles. The first-order valence-corrected chi connectivity index (χ1v) is 9.22. The highest BCUT2D eigenvalue weighted by Gasteiger charge is 2.46. The average molecular weight is 430 g/mol. The molecule has 0 bridgehead atoms. The summed E-state index contributed by atoms with van der Waals surface area (Å²) >= 11 is 0. The molecule has 2 aliphatic carbocycles. The van der Waals surface area contributed by atoms with Crippen molar-refractivity contribution in [2.75, 3.05) is 0 Å². The third kappa shape index (κ3) is 3.26. The molecule has 4 rings (SSSR count). The maximum absolute atomic E-state index is 12.6. The molecular formula is C21H18O10. The Hall–Kier alpha value is -3.92. The van der Waals surface area contributed by atoms with E-state index in [2.05, 4.69) is 0 Å². The van der Waals surface area contributed by atoms with Gasteiger partial charge >= 0.3 is 5.97 Å². The summed E-state index contributed by atoms with van der Waals surface area (Å²) in [6.45, 7) is 0. The molecule has 7 N–H and O–H groups in total. The third-order valence-electron chi connectivity index (χ3n) is 5.58. The number of ketones is 1. The van der Waals surface area contributed by atoms with E-state index < -0.39 is 64.2 Å². The van der Waals surface area contributed by atoms with Crippen LogP contribution in [0.25, 0.3) is 0 Å². The quantitative estimate of drug-likeness (QED) is 0.361. The smallest absolute Gasteiger partial charge is 0.335 e. The molecular weight excluding hydrogens is 412 g/mol.